The van der Waals surface area contributed by atoms with Crippen molar-refractivity contribution >= 4 is 22.8 Å². The van der Waals surface area contributed by atoms with Crippen molar-refractivity contribution in [2.75, 3.05) is 20.7 Å². The number of hydrogen-bond acceptors (Lipinski definition) is 3. The summed E-state index contributed by atoms with van der Waals surface area (Å²) in [4.78, 5) is 26.4. The number of amides is 1. The molecule has 6 heteroatoms. The lowest BCUT2D eigenvalue weighted by molar-refractivity contribution is -0.130. The first-order valence-corrected chi connectivity index (χ1v) is 5.66. The molecule has 0 aliphatic rings. The van der Waals surface area contributed by atoms with Crippen molar-refractivity contribution in [1.82, 2.24) is 9.88 Å². The summed E-state index contributed by atoms with van der Waals surface area (Å²) in [6.07, 6.45) is 0. The molecule has 0 aliphatic heterocycles. The molecule has 0 saturated carbocycles. The molecule has 2 aromatic rings. The quantitative estimate of drug-likeness (QED) is 0.870. The summed E-state index contributed by atoms with van der Waals surface area (Å²) in [5.41, 5.74) is 0.781. The maximum Gasteiger partial charge on any atom is 0.352 e. The summed E-state index contributed by atoms with van der Waals surface area (Å²) < 4.78 is 5.35. The molecule has 0 atom stereocenters. The van der Waals surface area contributed by atoms with Gasteiger partial charge >= 0.3 is 5.97 Å². The molecule has 1 aromatic carbocycles. The van der Waals surface area contributed by atoms with E-state index in [4.69, 9.17) is 9.84 Å². The number of aromatic amines is 1. The number of hydrogen-bond donors (Lipinski definition) is 2. The van der Waals surface area contributed by atoms with Gasteiger partial charge < -0.3 is 19.7 Å². The average Bonchev–Trinajstić information content (AvgIpc) is 2.78. The van der Waals surface area contributed by atoms with Gasteiger partial charge in [0.2, 0.25) is 0 Å². The van der Waals surface area contributed by atoms with Gasteiger partial charge in [0.1, 0.15) is 11.4 Å². The minimum atomic E-state index is -1.01. The molecule has 0 fully saturated rings. The standard InChI is InChI=1S/C13H14N2O4/c1-15(2)12(16)7-19-9-4-3-8-5-11(13(17)18)14-10(8)6-9/h3-6,14H,7H2,1-2H3,(H,17,18). The number of ether oxygens (including phenoxy) is 1. The third-order valence-electron chi connectivity index (χ3n) is 2.69. The Kier molecular flexibility index (Phi) is 3.41. The Hall–Kier alpha value is -2.50. The molecule has 0 radical (unpaired) electrons. The van der Waals surface area contributed by atoms with Gasteiger partial charge in [0.05, 0.1) is 0 Å². The number of H-pyrrole nitrogens is 1. The minimum Gasteiger partial charge on any atom is -0.484 e. The van der Waals surface area contributed by atoms with Crippen LogP contribution in [0.4, 0.5) is 0 Å². The Morgan fingerprint density at radius 1 is 1.32 bits per heavy atom. The summed E-state index contributed by atoms with van der Waals surface area (Å²) in [6.45, 7) is -0.0506. The molecule has 0 spiro atoms. The molecular weight excluding hydrogens is 248 g/mol. The summed E-state index contributed by atoms with van der Waals surface area (Å²) in [6, 6.07) is 6.66. The van der Waals surface area contributed by atoms with E-state index >= 15 is 0 Å². The second-order valence-electron chi connectivity index (χ2n) is 4.31. The first-order chi connectivity index (χ1) is 8.97. The molecular formula is C13H14N2O4. The molecule has 6 nitrogen and oxygen atoms in total. The van der Waals surface area contributed by atoms with Crippen LogP contribution >= 0.6 is 0 Å². The molecule has 1 amide bonds. The number of nitrogens with one attached hydrogen (secondary N) is 1. The zero-order valence-electron chi connectivity index (χ0n) is 10.6. The van der Waals surface area contributed by atoms with E-state index in [0.29, 0.717) is 11.3 Å². The maximum absolute atomic E-state index is 11.4. The molecule has 100 valence electrons. The van der Waals surface area contributed by atoms with Crippen LogP contribution in [0.3, 0.4) is 0 Å². The van der Waals surface area contributed by atoms with E-state index < -0.39 is 5.97 Å². The van der Waals surface area contributed by atoms with Crippen LogP contribution in [-0.4, -0.2) is 47.6 Å². The molecule has 0 bridgehead atoms. The Morgan fingerprint density at radius 2 is 2.05 bits per heavy atom. The Morgan fingerprint density at radius 3 is 2.68 bits per heavy atom. The third kappa shape index (κ3) is 2.85. The van der Waals surface area contributed by atoms with Gasteiger partial charge in [-0.25, -0.2) is 4.79 Å². The van der Waals surface area contributed by atoms with E-state index in [1.54, 1.807) is 38.4 Å². The Bertz CT molecular complexity index is 631. The highest BCUT2D eigenvalue weighted by Gasteiger charge is 2.09. The lowest BCUT2D eigenvalue weighted by Gasteiger charge is -2.11. The van der Waals surface area contributed by atoms with Gasteiger partial charge in [0.15, 0.2) is 6.61 Å². The molecule has 19 heavy (non-hydrogen) atoms. The van der Waals surface area contributed by atoms with Crippen molar-refractivity contribution in [3.8, 4) is 5.75 Å². The Labute approximate surface area is 109 Å². The Balaban J connectivity index is 2.17. The number of nitrogens with zero attached hydrogens (tertiary/aromatic N) is 1. The zero-order chi connectivity index (χ0) is 14.0. The topological polar surface area (TPSA) is 82.6 Å². The van der Waals surface area contributed by atoms with E-state index in [1.165, 1.54) is 4.90 Å². The van der Waals surface area contributed by atoms with Crippen molar-refractivity contribution in [1.29, 1.82) is 0 Å². The number of likely N-dealkylation sites (N-methyl/N-ethyl adjacent to an activating group) is 1. The second kappa shape index (κ2) is 5.01. The van der Waals surface area contributed by atoms with Gasteiger partial charge in [-0.3, -0.25) is 4.79 Å². The number of carbonyl (C=O) groups excluding carboxylic acids is 1. The fourth-order valence-corrected chi connectivity index (χ4v) is 1.59. The van der Waals surface area contributed by atoms with Crippen LogP contribution in [0.2, 0.25) is 0 Å². The molecule has 1 aromatic heterocycles. The summed E-state index contributed by atoms with van der Waals surface area (Å²) >= 11 is 0. The summed E-state index contributed by atoms with van der Waals surface area (Å²) in [5.74, 6) is -0.638. The fourth-order valence-electron chi connectivity index (χ4n) is 1.59. The van der Waals surface area contributed by atoms with Gasteiger partial charge in [-0.1, -0.05) is 0 Å². The van der Waals surface area contributed by atoms with E-state index in [9.17, 15) is 9.59 Å². The van der Waals surface area contributed by atoms with E-state index in [1.807, 2.05) is 0 Å². The summed E-state index contributed by atoms with van der Waals surface area (Å²) in [5, 5.41) is 9.66. The van der Waals surface area contributed by atoms with Crippen LogP contribution in [-0.2, 0) is 4.79 Å². The molecule has 0 unspecified atom stereocenters. The molecule has 2 rings (SSSR count). The van der Waals surface area contributed by atoms with Gasteiger partial charge in [0, 0.05) is 31.1 Å². The van der Waals surface area contributed by atoms with Crippen molar-refractivity contribution in [3.05, 3.63) is 30.0 Å². The highest BCUT2D eigenvalue weighted by molar-refractivity contribution is 5.94. The van der Waals surface area contributed by atoms with E-state index in [-0.39, 0.29) is 18.2 Å². The van der Waals surface area contributed by atoms with Crippen LogP contribution in [0.1, 0.15) is 10.5 Å². The predicted octanol–water partition coefficient (Wildman–Crippen LogP) is 1.33. The van der Waals surface area contributed by atoms with Crippen molar-refractivity contribution in [3.63, 3.8) is 0 Å². The van der Waals surface area contributed by atoms with E-state index in [0.717, 1.165) is 5.39 Å². The predicted molar refractivity (Wildman–Crippen MR) is 69.4 cm³/mol. The van der Waals surface area contributed by atoms with Crippen molar-refractivity contribution in [2.24, 2.45) is 0 Å². The molecule has 0 saturated heterocycles. The van der Waals surface area contributed by atoms with Crippen LogP contribution < -0.4 is 4.74 Å². The van der Waals surface area contributed by atoms with Crippen molar-refractivity contribution < 1.29 is 19.4 Å². The monoisotopic (exact) mass is 262 g/mol. The summed E-state index contributed by atoms with van der Waals surface area (Å²) in [7, 11) is 3.30. The number of fused-ring (bicyclic) bond motifs is 1. The van der Waals surface area contributed by atoms with Gasteiger partial charge in [-0.15, -0.1) is 0 Å². The largest absolute Gasteiger partial charge is 0.484 e. The normalized spacial score (nSPS) is 10.4. The lowest BCUT2D eigenvalue weighted by Crippen LogP contribution is -2.27. The molecule has 0 aliphatic carbocycles. The lowest BCUT2D eigenvalue weighted by atomic mass is 10.2. The highest BCUT2D eigenvalue weighted by atomic mass is 16.5. The zero-order valence-corrected chi connectivity index (χ0v) is 10.6. The van der Waals surface area contributed by atoms with Crippen LogP contribution in [0.5, 0.6) is 5.75 Å². The maximum atomic E-state index is 11.4. The highest BCUT2D eigenvalue weighted by Crippen LogP contribution is 2.21. The number of rotatable bonds is 4. The van der Waals surface area contributed by atoms with Crippen LogP contribution in [0.25, 0.3) is 10.9 Å². The number of carboxylic acid groups (broad SMARTS) is 1. The minimum absolute atomic E-state index is 0.0506. The van der Waals surface area contributed by atoms with E-state index in [2.05, 4.69) is 4.98 Å². The second-order valence-corrected chi connectivity index (χ2v) is 4.31. The number of benzene rings is 1. The van der Waals surface area contributed by atoms with Crippen molar-refractivity contribution in [2.45, 2.75) is 0 Å². The van der Waals surface area contributed by atoms with Gasteiger partial charge in [0.25, 0.3) is 5.91 Å². The molecule has 1 heterocycles. The average molecular weight is 262 g/mol. The third-order valence-corrected chi connectivity index (χ3v) is 2.69. The number of aromatic nitrogens is 1. The van der Waals surface area contributed by atoms with Crippen LogP contribution in [0.15, 0.2) is 24.3 Å². The van der Waals surface area contributed by atoms with Gasteiger partial charge in [-0.05, 0) is 18.2 Å². The first kappa shape index (κ1) is 12.9. The smallest absolute Gasteiger partial charge is 0.352 e. The fraction of sp³-hybridized carbons (Fsp3) is 0.231. The van der Waals surface area contributed by atoms with Crippen LogP contribution in [0, 0.1) is 0 Å². The number of carboxylic acids is 1. The number of aromatic carboxylic acids is 1. The SMILES string of the molecule is CN(C)C(=O)COc1ccc2cc(C(=O)O)[nH]c2c1. The molecule has 2 N–H and O–H groups in total. The first-order valence-electron chi connectivity index (χ1n) is 5.66. The van der Waals surface area contributed by atoms with Gasteiger partial charge in [-0.2, -0.15) is 0 Å². The number of carbonyl (C=O) groups is 2.